The Morgan fingerprint density at radius 1 is 1.38 bits per heavy atom. The summed E-state index contributed by atoms with van der Waals surface area (Å²) >= 11 is 8.25. The van der Waals surface area contributed by atoms with E-state index in [1.807, 2.05) is 6.07 Å². The van der Waals surface area contributed by atoms with Crippen molar-refractivity contribution in [1.82, 2.24) is 9.97 Å². The van der Waals surface area contributed by atoms with Crippen molar-refractivity contribution in [3.05, 3.63) is 44.9 Å². The smallest absolute Gasteiger partial charge is 0.275 e. The molecule has 1 aromatic carbocycles. The fraction of sp³-hybridized carbons (Fsp3) is 0.214. The fourth-order valence-electron chi connectivity index (χ4n) is 1.59. The van der Waals surface area contributed by atoms with Crippen LogP contribution in [0.3, 0.4) is 0 Å². The van der Waals surface area contributed by atoms with E-state index in [1.165, 1.54) is 6.20 Å². The van der Waals surface area contributed by atoms with Gasteiger partial charge in [0.1, 0.15) is 11.5 Å². The van der Waals surface area contributed by atoms with E-state index in [9.17, 15) is 4.79 Å². The summed E-state index contributed by atoms with van der Waals surface area (Å²) in [5, 5.41) is 6.31. The van der Waals surface area contributed by atoms with E-state index < -0.39 is 0 Å². The van der Waals surface area contributed by atoms with Crippen LogP contribution in [0.5, 0.6) is 0 Å². The first kappa shape index (κ1) is 16.0. The summed E-state index contributed by atoms with van der Waals surface area (Å²) < 4.78 is 1.00. The average molecular weight is 417 g/mol. The van der Waals surface area contributed by atoms with Crippen molar-refractivity contribution < 1.29 is 4.79 Å². The zero-order chi connectivity index (χ0) is 15.2. The lowest BCUT2D eigenvalue weighted by molar-refractivity contribution is 0.102. The maximum Gasteiger partial charge on any atom is 0.275 e. The molecule has 0 radical (unpaired) electrons. The van der Waals surface area contributed by atoms with Gasteiger partial charge in [0.2, 0.25) is 0 Å². The highest BCUT2D eigenvalue weighted by molar-refractivity contribution is 14.1. The molecule has 5 nitrogen and oxygen atoms in total. The number of carbonyl (C=O) groups is 1. The minimum atomic E-state index is -0.342. The van der Waals surface area contributed by atoms with Crippen LogP contribution < -0.4 is 10.6 Å². The molecule has 0 atom stereocenters. The van der Waals surface area contributed by atoms with Crippen LogP contribution in [0.4, 0.5) is 11.5 Å². The summed E-state index contributed by atoms with van der Waals surface area (Å²) in [5.74, 6) is 0.240. The van der Waals surface area contributed by atoms with Gasteiger partial charge in [0, 0.05) is 10.1 Å². The van der Waals surface area contributed by atoms with Crippen LogP contribution in [-0.2, 0) is 0 Å². The van der Waals surface area contributed by atoms with Crippen molar-refractivity contribution in [2.24, 2.45) is 0 Å². The Morgan fingerprint density at radius 2 is 2.19 bits per heavy atom. The molecule has 0 aliphatic rings. The molecule has 0 aliphatic heterocycles. The van der Waals surface area contributed by atoms with Crippen LogP contribution in [0.25, 0.3) is 0 Å². The predicted molar refractivity (Wildman–Crippen MR) is 92.9 cm³/mol. The number of hydrogen-bond acceptors (Lipinski definition) is 4. The molecule has 0 fully saturated rings. The largest absolute Gasteiger partial charge is 0.369 e. The number of benzene rings is 1. The van der Waals surface area contributed by atoms with E-state index in [1.54, 1.807) is 18.3 Å². The monoisotopic (exact) mass is 416 g/mol. The number of nitrogens with one attached hydrogen (secondary N) is 2. The number of carbonyl (C=O) groups excluding carboxylic acids is 1. The molecule has 0 aliphatic carbocycles. The van der Waals surface area contributed by atoms with E-state index in [0.717, 1.165) is 16.5 Å². The van der Waals surface area contributed by atoms with Gasteiger partial charge < -0.3 is 10.6 Å². The number of nitrogens with zero attached hydrogens (tertiary/aromatic N) is 2. The van der Waals surface area contributed by atoms with Crippen molar-refractivity contribution in [2.45, 2.75) is 13.3 Å². The third-order valence-corrected chi connectivity index (χ3v) is 3.59. The van der Waals surface area contributed by atoms with Crippen LogP contribution >= 0.6 is 34.2 Å². The molecule has 1 amide bonds. The Hall–Kier alpha value is -1.41. The summed E-state index contributed by atoms with van der Waals surface area (Å²) in [4.78, 5) is 20.4. The summed E-state index contributed by atoms with van der Waals surface area (Å²) in [7, 11) is 0. The van der Waals surface area contributed by atoms with E-state index in [0.29, 0.717) is 16.5 Å². The second-order valence-corrected chi connectivity index (χ2v) is 5.95. The average Bonchev–Trinajstić information content (AvgIpc) is 2.48. The zero-order valence-electron chi connectivity index (χ0n) is 11.4. The molecule has 0 saturated carbocycles. The third kappa shape index (κ3) is 4.53. The Labute approximate surface area is 141 Å². The first-order valence-corrected chi connectivity index (χ1v) is 7.88. The lowest BCUT2D eigenvalue weighted by Gasteiger charge is -2.08. The predicted octanol–water partition coefficient (Wildman–Crippen LogP) is 3.81. The zero-order valence-corrected chi connectivity index (χ0v) is 14.3. The molecule has 2 N–H and O–H groups in total. The number of hydrogen-bond donors (Lipinski definition) is 2. The van der Waals surface area contributed by atoms with Crippen molar-refractivity contribution >= 4 is 51.6 Å². The molecule has 0 saturated heterocycles. The standard InChI is InChI=1S/C14H14ClIN4O/c1-2-5-18-13-8-17-7-12(19-13)14(21)20-11-4-3-9(16)6-10(11)15/h3-4,6-8H,2,5H2,1H3,(H,18,19)(H,20,21). The summed E-state index contributed by atoms with van der Waals surface area (Å²) in [6.45, 7) is 2.83. The molecule has 0 bridgehead atoms. The molecule has 2 rings (SSSR count). The van der Waals surface area contributed by atoms with Gasteiger partial charge in [-0.05, 0) is 47.2 Å². The van der Waals surface area contributed by atoms with E-state index in [4.69, 9.17) is 11.6 Å². The van der Waals surface area contributed by atoms with Gasteiger partial charge in [0.05, 0.1) is 23.1 Å². The Kier molecular flexibility index (Phi) is 5.75. The second kappa shape index (κ2) is 7.56. The molecule has 1 heterocycles. The number of amides is 1. The van der Waals surface area contributed by atoms with Gasteiger partial charge in [-0.15, -0.1) is 0 Å². The SMILES string of the molecule is CCCNc1cncc(C(=O)Nc2ccc(I)cc2Cl)n1. The van der Waals surface area contributed by atoms with Gasteiger partial charge >= 0.3 is 0 Å². The van der Waals surface area contributed by atoms with Crippen LogP contribution in [-0.4, -0.2) is 22.4 Å². The van der Waals surface area contributed by atoms with Gasteiger partial charge in [0.15, 0.2) is 0 Å². The Balaban J connectivity index is 2.12. The highest BCUT2D eigenvalue weighted by Gasteiger charge is 2.11. The molecule has 7 heteroatoms. The topological polar surface area (TPSA) is 66.9 Å². The maximum absolute atomic E-state index is 12.2. The van der Waals surface area contributed by atoms with Crippen molar-refractivity contribution in [1.29, 1.82) is 0 Å². The van der Waals surface area contributed by atoms with Gasteiger partial charge in [-0.25, -0.2) is 4.98 Å². The molecule has 0 spiro atoms. The molecule has 0 unspecified atom stereocenters. The fourth-order valence-corrected chi connectivity index (χ4v) is 2.49. The van der Waals surface area contributed by atoms with Gasteiger partial charge in [-0.1, -0.05) is 18.5 Å². The van der Waals surface area contributed by atoms with Crippen LogP contribution in [0, 0.1) is 3.57 Å². The van der Waals surface area contributed by atoms with Gasteiger partial charge in [0.25, 0.3) is 5.91 Å². The van der Waals surface area contributed by atoms with Gasteiger partial charge in [-0.3, -0.25) is 9.78 Å². The minimum Gasteiger partial charge on any atom is -0.369 e. The molecule has 110 valence electrons. The normalized spacial score (nSPS) is 10.2. The van der Waals surface area contributed by atoms with Crippen molar-refractivity contribution in [3.8, 4) is 0 Å². The molecular formula is C14H14ClIN4O. The first-order chi connectivity index (χ1) is 10.1. The number of aromatic nitrogens is 2. The van der Waals surface area contributed by atoms with E-state index in [-0.39, 0.29) is 11.6 Å². The highest BCUT2D eigenvalue weighted by atomic mass is 127. The molecule has 21 heavy (non-hydrogen) atoms. The van der Waals surface area contributed by atoms with E-state index in [2.05, 4.69) is 50.1 Å². The second-order valence-electron chi connectivity index (χ2n) is 4.29. The van der Waals surface area contributed by atoms with E-state index >= 15 is 0 Å². The Bertz CT molecular complexity index is 651. The molecular weight excluding hydrogens is 403 g/mol. The van der Waals surface area contributed by atoms with Crippen molar-refractivity contribution in [3.63, 3.8) is 0 Å². The molecule has 2 aromatic rings. The lowest BCUT2D eigenvalue weighted by Crippen LogP contribution is -2.15. The summed E-state index contributed by atoms with van der Waals surface area (Å²) in [5.41, 5.74) is 0.793. The minimum absolute atomic E-state index is 0.241. The van der Waals surface area contributed by atoms with Crippen LogP contribution in [0.2, 0.25) is 5.02 Å². The number of halogens is 2. The lowest BCUT2D eigenvalue weighted by atomic mass is 10.3. The quantitative estimate of drug-likeness (QED) is 0.728. The number of rotatable bonds is 5. The summed E-state index contributed by atoms with van der Waals surface area (Å²) in [6, 6.07) is 5.41. The van der Waals surface area contributed by atoms with Crippen LogP contribution in [0.1, 0.15) is 23.8 Å². The maximum atomic E-state index is 12.2. The molecule has 1 aromatic heterocycles. The third-order valence-electron chi connectivity index (χ3n) is 2.60. The highest BCUT2D eigenvalue weighted by Crippen LogP contribution is 2.24. The van der Waals surface area contributed by atoms with Gasteiger partial charge in [-0.2, -0.15) is 0 Å². The van der Waals surface area contributed by atoms with Crippen LogP contribution in [0.15, 0.2) is 30.6 Å². The first-order valence-electron chi connectivity index (χ1n) is 6.42. The summed E-state index contributed by atoms with van der Waals surface area (Å²) in [6.07, 6.45) is 3.98. The van der Waals surface area contributed by atoms with Crippen molar-refractivity contribution in [2.75, 3.05) is 17.2 Å². The number of anilines is 2. The Morgan fingerprint density at radius 3 is 2.90 bits per heavy atom.